The predicted octanol–water partition coefficient (Wildman–Crippen LogP) is 3.51. The molecule has 1 atom stereocenters. The number of guanidine groups is 1. The summed E-state index contributed by atoms with van der Waals surface area (Å²) in [5, 5.41) is 6.54. The minimum atomic E-state index is -0.327. The number of halogens is 1. The highest BCUT2D eigenvalue weighted by atomic mass is 127. The van der Waals surface area contributed by atoms with Gasteiger partial charge in [0.1, 0.15) is 6.61 Å². The molecule has 0 amide bonds. The number of nitrogens with one attached hydrogen (secondary N) is 2. The van der Waals surface area contributed by atoms with Crippen LogP contribution in [0, 0.1) is 0 Å². The smallest absolute Gasteiger partial charge is 0.338 e. The van der Waals surface area contributed by atoms with Crippen LogP contribution in [0.1, 0.15) is 34.3 Å². The van der Waals surface area contributed by atoms with Crippen LogP contribution in [0.15, 0.2) is 59.6 Å². The molecule has 0 aromatic heterocycles. The molecule has 1 heterocycles. The van der Waals surface area contributed by atoms with Gasteiger partial charge in [0.2, 0.25) is 0 Å². The Bertz CT molecular complexity index is 793. The van der Waals surface area contributed by atoms with Gasteiger partial charge in [-0.05, 0) is 36.1 Å². The Morgan fingerprint density at radius 3 is 2.66 bits per heavy atom. The van der Waals surface area contributed by atoms with Gasteiger partial charge in [-0.3, -0.25) is 4.99 Å². The van der Waals surface area contributed by atoms with E-state index in [0.29, 0.717) is 18.1 Å². The molecule has 1 aliphatic rings. The van der Waals surface area contributed by atoms with Gasteiger partial charge in [-0.2, -0.15) is 0 Å². The SMILES string of the molecule is CN=C(NCc1cccc(C(=O)OCc2ccccc2)c1)NCC1CCCO1.I. The molecule has 0 aliphatic carbocycles. The van der Waals surface area contributed by atoms with Crippen molar-refractivity contribution < 1.29 is 14.3 Å². The molecule has 1 aliphatic heterocycles. The van der Waals surface area contributed by atoms with E-state index in [1.165, 1.54) is 0 Å². The first-order valence-electron chi connectivity index (χ1n) is 9.60. The van der Waals surface area contributed by atoms with Crippen molar-refractivity contribution in [1.82, 2.24) is 10.6 Å². The molecule has 0 saturated carbocycles. The van der Waals surface area contributed by atoms with Crippen molar-refractivity contribution in [2.75, 3.05) is 20.2 Å². The second-order valence-corrected chi connectivity index (χ2v) is 6.70. The number of esters is 1. The standard InChI is InChI=1S/C22H27N3O3.HI/c1-23-22(25-15-20-11-6-12-27-20)24-14-18-9-5-10-19(13-18)21(26)28-16-17-7-3-2-4-8-17;/h2-5,7-10,13,20H,6,11-12,14-16H2,1H3,(H2,23,24,25);1H. The van der Waals surface area contributed by atoms with Crippen LogP contribution in [0.3, 0.4) is 0 Å². The molecular weight excluding hydrogens is 481 g/mol. The van der Waals surface area contributed by atoms with Crippen molar-refractivity contribution >= 4 is 35.9 Å². The van der Waals surface area contributed by atoms with Crippen molar-refractivity contribution in [3.05, 3.63) is 71.3 Å². The van der Waals surface area contributed by atoms with Gasteiger partial charge in [-0.25, -0.2) is 4.79 Å². The Balaban J connectivity index is 0.00000300. The number of aliphatic imine (C=N–C) groups is 1. The lowest BCUT2D eigenvalue weighted by atomic mass is 10.1. The number of rotatable bonds is 7. The number of ether oxygens (including phenoxy) is 2. The minimum absolute atomic E-state index is 0. The molecular formula is C22H28IN3O3. The highest BCUT2D eigenvalue weighted by Gasteiger charge is 2.15. The lowest BCUT2D eigenvalue weighted by Crippen LogP contribution is -2.40. The molecule has 2 N–H and O–H groups in total. The van der Waals surface area contributed by atoms with Crippen molar-refractivity contribution in [2.45, 2.75) is 32.1 Å². The van der Waals surface area contributed by atoms with Crippen LogP contribution in [-0.4, -0.2) is 38.2 Å². The van der Waals surface area contributed by atoms with Gasteiger partial charge in [0, 0.05) is 26.7 Å². The number of benzene rings is 2. The van der Waals surface area contributed by atoms with Gasteiger partial charge >= 0.3 is 5.97 Å². The lowest BCUT2D eigenvalue weighted by Gasteiger charge is -2.15. The molecule has 0 spiro atoms. The summed E-state index contributed by atoms with van der Waals surface area (Å²) < 4.78 is 11.0. The van der Waals surface area contributed by atoms with Crippen molar-refractivity contribution in [3.8, 4) is 0 Å². The first-order chi connectivity index (χ1) is 13.7. The predicted molar refractivity (Wildman–Crippen MR) is 125 cm³/mol. The molecule has 0 bridgehead atoms. The summed E-state index contributed by atoms with van der Waals surface area (Å²) in [7, 11) is 1.74. The maximum atomic E-state index is 12.3. The number of nitrogens with zero attached hydrogens (tertiary/aromatic N) is 1. The molecule has 2 aromatic carbocycles. The Kier molecular flexibility index (Phi) is 9.93. The molecule has 2 aromatic rings. The van der Waals surface area contributed by atoms with Gasteiger partial charge in [-0.1, -0.05) is 42.5 Å². The van der Waals surface area contributed by atoms with E-state index in [9.17, 15) is 4.79 Å². The van der Waals surface area contributed by atoms with E-state index in [0.717, 1.165) is 37.1 Å². The van der Waals surface area contributed by atoms with Crippen LogP contribution >= 0.6 is 24.0 Å². The summed E-state index contributed by atoms with van der Waals surface area (Å²) in [5.41, 5.74) is 2.49. The molecule has 29 heavy (non-hydrogen) atoms. The average molecular weight is 509 g/mol. The van der Waals surface area contributed by atoms with Gasteiger partial charge in [0.05, 0.1) is 11.7 Å². The van der Waals surface area contributed by atoms with E-state index >= 15 is 0 Å². The molecule has 1 unspecified atom stereocenters. The van der Waals surface area contributed by atoms with Crippen LogP contribution in [0.4, 0.5) is 0 Å². The molecule has 0 radical (unpaired) electrons. The molecule has 156 valence electrons. The fourth-order valence-electron chi connectivity index (χ4n) is 3.04. The first kappa shape index (κ1) is 23.2. The maximum Gasteiger partial charge on any atom is 0.338 e. The monoisotopic (exact) mass is 509 g/mol. The van der Waals surface area contributed by atoms with Gasteiger partial charge in [-0.15, -0.1) is 24.0 Å². The summed E-state index contributed by atoms with van der Waals surface area (Å²) >= 11 is 0. The normalized spacial score (nSPS) is 16.0. The van der Waals surface area contributed by atoms with E-state index in [1.54, 1.807) is 13.1 Å². The van der Waals surface area contributed by atoms with E-state index in [1.807, 2.05) is 48.5 Å². The van der Waals surface area contributed by atoms with E-state index in [4.69, 9.17) is 9.47 Å². The Morgan fingerprint density at radius 2 is 1.93 bits per heavy atom. The summed E-state index contributed by atoms with van der Waals surface area (Å²) in [6.45, 7) is 2.41. The fourth-order valence-corrected chi connectivity index (χ4v) is 3.04. The van der Waals surface area contributed by atoms with Gasteiger partial charge in [0.25, 0.3) is 0 Å². The third-order valence-corrected chi connectivity index (χ3v) is 4.58. The Morgan fingerprint density at radius 1 is 1.14 bits per heavy atom. The zero-order valence-electron chi connectivity index (χ0n) is 16.6. The van der Waals surface area contributed by atoms with Crippen molar-refractivity contribution in [2.24, 2.45) is 4.99 Å². The maximum absolute atomic E-state index is 12.3. The number of carbonyl (C=O) groups is 1. The van der Waals surface area contributed by atoms with E-state index in [2.05, 4.69) is 15.6 Å². The van der Waals surface area contributed by atoms with Crippen LogP contribution in [-0.2, 0) is 22.6 Å². The third kappa shape index (κ3) is 7.66. The second kappa shape index (κ2) is 12.4. The summed E-state index contributed by atoms with van der Waals surface area (Å²) in [6, 6.07) is 17.1. The Hall–Kier alpha value is -2.13. The number of hydrogen-bond donors (Lipinski definition) is 2. The second-order valence-electron chi connectivity index (χ2n) is 6.70. The van der Waals surface area contributed by atoms with E-state index in [-0.39, 0.29) is 42.7 Å². The summed E-state index contributed by atoms with van der Waals surface area (Å²) in [5.74, 6) is 0.388. The quantitative estimate of drug-likeness (QED) is 0.259. The Labute approximate surface area is 189 Å². The van der Waals surface area contributed by atoms with Crippen LogP contribution in [0.2, 0.25) is 0 Å². The van der Waals surface area contributed by atoms with Gasteiger partial charge in [0.15, 0.2) is 5.96 Å². The van der Waals surface area contributed by atoms with E-state index < -0.39 is 0 Å². The fraction of sp³-hybridized carbons (Fsp3) is 0.364. The van der Waals surface area contributed by atoms with Crippen LogP contribution in [0.5, 0.6) is 0 Å². The minimum Gasteiger partial charge on any atom is -0.457 e. The number of hydrogen-bond acceptors (Lipinski definition) is 4. The topological polar surface area (TPSA) is 72.0 Å². The van der Waals surface area contributed by atoms with Crippen molar-refractivity contribution in [1.29, 1.82) is 0 Å². The molecule has 6 nitrogen and oxygen atoms in total. The van der Waals surface area contributed by atoms with Crippen molar-refractivity contribution in [3.63, 3.8) is 0 Å². The zero-order valence-corrected chi connectivity index (χ0v) is 18.9. The van der Waals surface area contributed by atoms with Crippen LogP contribution in [0.25, 0.3) is 0 Å². The molecule has 3 rings (SSSR count). The summed E-state index contributed by atoms with van der Waals surface area (Å²) in [4.78, 5) is 16.6. The molecule has 7 heteroatoms. The highest BCUT2D eigenvalue weighted by Crippen LogP contribution is 2.11. The molecule has 1 saturated heterocycles. The lowest BCUT2D eigenvalue weighted by molar-refractivity contribution is 0.0472. The van der Waals surface area contributed by atoms with Crippen LogP contribution < -0.4 is 10.6 Å². The largest absolute Gasteiger partial charge is 0.457 e. The summed E-state index contributed by atoms with van der Waals surface area (Å²) in [6.07, 6.45) is 2.45. The third-order valence-electron chi connectivity index (χ3n) is 4.58. The number of carbonyl (C=O) groups excluding carboxylic acids is 1. The average Bonchev–Trinajstić information content (AvgIpc) is 3.27. The first-order valence-corrected chi connectivity index (χ1v) is 9.60. The highest BCUT2D eigenvalue weighted by molar-refractivity contribution is 14.0. The molecule has 1 fully saturated rings. The zero-order chi connectivity index (χ0) is 19.6. The van der Waals surface area contributed by atoms with Gasteiger partial charge < -0.3 is 20.1 Å².